The summed E-state index contributed by atoms with van der Waals surface area (Å²) in [6.45, 7) is 0. The molecule has 2 aromatic carbocycles. The normalized spacial score (nSPS) is 11.8. The van der Waals surface area contributed by atoms with Gasteiger partial charge in [0.1, 0.15) is 23.4 Å². The summed E-state index contributed by atoms with van der Waals surface area (Å²) < 4.78 is 27.7. The van der Waals surface area contributed by atoms with E-state index in [2.05, 4.69) is 9.97 Å². The zero-order valence-corrected chi connectivity index (χ0v) is 15.7. The van der Waals surface area contributed by atoms with Crippen LogP contribution < -0.4 is 0 Å². The summed E-state index contributed by atoms with van der Waals surface area (Å²) in [5.41, 5.74) is 1.66. The highest BCUT2D eigenvalue weighted by molar-refractivity contribution is 6.07. The Morgan fingerprint density at radius 3 is 2.43 bits per heavy atom. The minimum atomic E-state index is -1.03. The van der Waals surface area contributed by atoms with Gasteiger partial charge in [0.15, 0.2) is 0 Å². The maximum absolute atomic E-state index is 14.6. The predicted molar refractivity (Wildman–Crippen MR) is 108 cm³/mol. The molecular weight excluding hydrogens is 386 g/mol. The van der Waals surface area contributed by atoms with E-state index in [-0.39, 0.29) is 22.5 Å². The van der Waals surface area contributed by atoms with Crippen molar-refractivity contribution in [2.75, 3.05) is 0 Å². The molecular formula is C24H16F2N2O2. The van der Waals surface area contributed by atoms with Crippen LogP contribution in [0.3, 0.4) is 0 Å². The fraction of sp³-hybridized carbons (Fsp3) is 0.0417. The number of benzene rings is 2. The molecule has 0 amide bonds. The number of nitrogens with zero attached hydrogens (tertiary/aromatic N) is 2. The van der Waals surface area contributed by atoms with Crippen molar-refractivity contribution in [1.82, 2.24) is 9.97 Å². The van der Waals surface area contributed by atoms with Crippen LogP contribution in [0.25, 0.3) is 11.3 Å². The highest BCUT2D eigenvalue weighted by Crippen LogP contribution is 2.28. The maximum atomic E-state index is 14.6. The van der Waals surface area contributed by atoms with Crippen LogP contribution in [0.1, 0.15) is 33.4 Å². The Morgan fingerprint density at radius 2 is 1.70 bits per heavy atom. The zero-order valence-electron chi connectivity index (χ0n) is 15.7. The number of carbonyl (C=O) groups excluding carboxylic acids is 1. The molecule has 1 N–H and O–H groups in total. The van der Waals surface area contributed by atoms with Gasteiger partial charge in [-0.05, 0) is 66.2 Å². The van der Waals surface area contributed by atoms with Crippen molar-refractivity contribution in [1.29, 1.82) is 0 Å². The zero-order chi connectivity index (χ0) is 21.1. The molecule has 0 aliphatic carbocycles. The van der Waals surface area contributed by atoms with Crippen molar-refractivity contribution in [2.24, 2.45) is 0 Å². The third-order valence-electron chi connectivity index (χ3n) is 4.64. The van der Waals surface area contributed by atoms with Crippen LogP contribution in [-0.2, 0) is 0 Å². The third-order valence-corrected chi connectivity index (χ3v) is 4.64. The lowest BCUT2D eigenvalue weighted by molar-refractivity contribution is 0.103. The van der Waals surface area contributed by atoms with Gasteiger partial charge in [-0.2, -0.15) is 0 Å². The van der Waals surface area contributed by atoms with Crippen LogP contribution in [0.2, 0.25) is 0 Å². The summed E-state index contributed by atoms with van der Waals surface area (Å²) in [5, 5.41) is 10.6. The Labute approximate surface area is 171 Å². The van der Waals surface area contributed by atoms with Crippen molar-refractivity contribution in [2.45, 2.75) is 6.10 Å². The van der Waals surface area contributed by atoms with E-state index < -0.39 is 23.5 Å². The second-order valence-corrected chi connectivity index (χ2v) is 6.64. The number of halogens is 2. The third kappa shape index (κ3) is 3.99. The molecule has 0 fully saturated rings. The highest BCUT2D eigenvalue weighted by Gasteiger charge is 2.17. The molecule has 4 nitrogen and oxygen atoms in total. The van der Waals surface area contributed by atoms with Crippen LogP contribution in [0.4, 0.5) is 8.78 Å². The van der Waals surface area contributed by atoms with E-state index in [4.69, 9.17) is 0 Å². The van der Waals surface area contributed by atoms with Gasteiger partial charge in [0.25, 0.3) is 0 Å². The van der Waals surface area contributed by atoms with Gasteiger partial charge in [-0.3, -0.25) is 9.78 Å². The first-order chi connectivity index (χ1) is 14.5. The van der Waals surface area contributed by atoms with Gasteiger partial charge < -0.3 is 5.11 Å². The van der Waals surface area contributed by atoms with Crippen LogP contribution in [0.15, 0.2) is 85.1 Å². The lowest BCUT2D eigenvalue weighted by atomic mass is 10.0. The lowest BCUT2D eigenvalue weighted by Crippen LogP contribution is -2.06. The number of aromatic nitrogens is 2. The summed E-state index contributed by atoms with van der Waals surface area (Å²) in [6, 6.07) is 19.2. The number of aliphatic hydroxyl groups is 1. The molecule has 0 aliphatic heterocycles. The molecule has 0 saturated carbocycles. The Bertz CT molecular complexity index is 1200. The number of rotatable bonds is 5. The Hall–Kier alpha value is -3.77. The second kappa shape index (κ2) is 8.31. The van der Waals surface area contributed by atoms with Crippen LogP contribution in [0, 0.1) is 11.6 Å². The van der Waals surface area contributed by atoms with Gasteiger partial charge in [-0.15, -0.1) is 0 Å². The number of hydrogen-bond donors (Lipinski definition) is 1. The molecule has 148 valence electrons. The molecule has 0 saturated heterocycles. The van der Waals surface area contributed by atoms with Crippen molar-refractivity contribution < 1.29 is 18.7 Å². The highest BCUT2D eigenvalue weighted by atomic mass is 19.1. The van der Waals surface area contributed by atoms with E-state index in [9.17, 15) is 18.7 Å². The summed E-state index contributed by atoms with van der Waals surface area (Å²) in [7, 11) is 0. The van der Waals surface area contributed by atoms with Gasteiger partial charge in [0.05, 0.1) is 11.4 Å². The van der Waals surface area contributed by atoms with E-state index in [0.717, 1.165) is 0 Å². The minimum Gasteiger partial charge on any atom is -0.382 e. The smallest absolute Gasteiger partial charge is 0.211 e. The number of hydrogen-bond acceptors (Lipinski definition) is 4. The summed E-state index contributed by atoms with van der Waals surface area (Å²) in [4.78, 5) is 21.1. The minimum absolute atomic E-state index is 0.106. The quantitative estimate of drug-likeness (QED) is 0.490. The number of ketones is 1. The molecule has 2 aromatic heterocycles. The molecule has 0 spiro atoms. The number of pyridine rings is 2. The van der Waals surface area contributed by atoms with E-state index in [1.807, 2.05) is 0 Å². The molecule has 1 unspecified atom stereocenters. The predicted octanol–water partition coefficient (Wildman–Crippen LogP) is 4.73. The SMILES string of the molecule is O=C(c1ccc(F)cc1)c1cccc(-c2cc(C(O)c3ccccn3)ccc2F)n1. The fourth-order valence-corrected chi connectivity index (χ4v) is 3.08. The van der Waals surface area contributed by atoms with E-state index >= 15 is 0 Å². The Morgan fingerprint density at radius 1 is 0.900 bits per heavy atom. The second-order valence-electron chi connectivity index (χ2n) is 6.64. The first kappa shape index (κ1) is 19.5. The van der Waals surface area contributed by atoms with Crippen molar-refractivity contribution in [3.05, 3.63) is 119 Å². The molecule has 4 aromatic rings. The van der Waals surface area contributed by atoms with E-state index in [1.165, 1.54) is 48.5 Å². The van der Waals surface area contributed by atoms with Gasteiger partial charge in [-0.25, -0.2) is 13.8 Å². The van der Waals surface area contributed by atoms with Gasteiger partial charge >= 0.3 is 0 Å². The maximum Gasteiger partial charge on any atom is 0.211 e. The average molecular weight is 402 g/mol. The first-order valence-electron chi connectivity index (χ1n) is 9.19. The van der Waals surface area contributed by atoms with Gasteiger partial charge in [0, 0.05) is 17.3 Å². The average Bonchev–Trinajstić information content (AvgIpc) is 2.79. The lowest BCUT2D eigenvalue weighted by Gasteiger charge is -2.13. The number of aliphatic hydroxyl groups excluding tert-OH is 1. The first-order valence-corrected chi connectivity index (χ1v) is 9.19. The van der Waals surface area contributed by atoms with Gasteiger partial charge in [0.2, 0.25) is 5.78 Å². The molecule has 6 heteroatoms. The van der Waals surface area contributed by atoms with Crippen LogP contribution >= 0.6 is 0 Å². The molecule has 4 rings (SSSR count). The summed E-state index contributed by atoms with van der Waals surface area (Å²) in [5.74, 6) is -1.38. The molecule has 0 bridgehead atoms. The Balaban J connectivity index is 1.70. The van der Waals surface area contributed by atoms with E-state index in [1.54, 1.807) is 36.5 Å². The molecule has 30 heavy (non-hydrogen) atoms. The summed E-state index contributed by atoms with van der Waals surface area (Å²) in [6.07, 6.45) is 0.532. The van der Waals surface area contributed by atoms with Crippen molar-refractivity contribution in [3.8, 4) is 11.3 Å². The van der Waals surface area contributed by atoms with Crippen molar-refractivity contribution in [3.63, 3.8) is 0 Å². The molecule has 2 heterocycles. The van der Waals surface area contributed by atoms with Crippen LogP contribution in [-0.4, -0.2) is 20.9 Å². The largest absolute Gasteiger partial charge is 0.382 e. The monoisotopic (exact) mass is 402 g/mol. The fourth-order valence-electron chi connectivity index (χ4n) is 3.08. The van der Waals surface area contributed by atoms with Gasteiger partial charge in [-0.1, -0.05) is 18.2 Å². The number of carbonyl (C=O) groups is 1. The summed E-state index contributed by atoms with van der Waals surface area (Å²) >= 11 is 0. The molecule has 0 radical (unpaired) electrons. The van der Waals surface area contributed by atoms with E-state index in [0.29, 0.717) is 11.3 Å². The topological polar surface area (TPSA) is 63.1 Å². The van der Waals surface area contributed by atoms with Crippen molar-refractivity contribution >= 4 is 5.78 Å². The standard InChI is InChI=1S/C24H16F2N2O2/c25-17-10-7-15(8-11-17)23(29)22-6-3-5-20(28-22)18-14-16(9-12-19(18)26)24(30)21-4-1-2-13-27-21/h1-14,24,30H. The van der Waals surface area contributed by atoms with Crippen LogP contribution in [0.5, 0.6) is 0 Å². The molecule has 0 aliphatic rings. The Kier molecular flexibility index (Phi) is 5.41. The molecule has 1 atom stereocenters.